The molecule has 3 rings (SSSR count). The Morgan fingerprint density at radius 1 is 1.39 bits per heavy atom. The molecule has 3 aromatic heterocycles. The van der Waals surface area contributed by atoms with Crippen LogP contribution in [0.25, 0.3) is 5.69 Å². The molecule has 7 heteroatoms. The predicted octanol–water partition coefficient (Wildman–Crippen LogP) is 1.91. The molecule has 90 valence electrons. The standard InChI is InChI=1S/C11H9N5OS/c17-10(14-11-12-7-13-15-11)9-8(3-6-18-9)16-4-1-2-5-16/h1-7H,(H2,12,13,14,15,17). The first-order valence-electron chi connectivity index (χ1n) is 5.22. The summed E-state index contributed by atoms with van der Waals surface area (Å²) in [6.45, 7) is 0. The van der Waals surface area contributed by atoms with E-state index in [0.29, 0.717) is 10.8 Å². The Hall–Kier alpha value is -2.41. The average Bonchev–Trinajstić information content (AvgIpc) is 3.11. The number of carbonyl (C=O) groups is 1. The number of nitrogens with one attached hydrogen (secondary N) is 2. The van der Waals surface area contributed by atoms with Crippen molar-refractivity contribution < 1.29 is 4.79 Å². The molecule has 0 saturated heterocycles. The zero-order chi connectivity index (χ0) is 12.4. The van der Waals surface area contributed by atoms with Crippen LogP contribution in [0.4, 0.5) is 5.95 Å². The van der Waals surface area contributed by atoms with Gasteiger partial charge in [0.1, 0.15) is 11.2 Å². The molecule has 0 spiro atoms. The van der Waals surface area contributed by atoms with Crippen molar-refractivity contribution in [3.05, 3.63) is 47.2 Å². The van der Waals surface area contributed by atoms with Crippen molar-refractivity contribution in [1.29, 1.82) is 0 Å². The van der Waals surface area contributed by atoms with Gasteiger partial charge in [0.25, 0.3) is 5.91 Å². The van der Waals surface area contributed by atoms with Crippen LogP contribution >= 0.6 is 11.3 Å². The topological polar surface area (TPSA) is 75.6 Å². The summed E-state index contributed by atoms with van der Waals surface area (Å²) in [7, 11) is 0. The van der Waals surface area contributed by atoms with Crippen molar-refractivity contribution in [2.24, 2.45) is 0 Å². The van der Waals surface area contributed by atoms with Crippen LogP contribution in [-0.4, -0.2) is 25.7 Å². The Morgan fingerprint density at radius 2 is 2.22 bits per heavy atom. The minimum atomic E-state index is -0.203. The third kappa shape index (κ3) is 1.91. The highest BCUT2D eigenvalue weighted by molar-refractivity contribution is 7.12. The fraction of sp³-hybridized carbons (Fsp3) is 0. The smallest absolute Gasteiger partial charge is 0.270 e. The van der Waals surface area contributed by atoms with Crippen molar-refractivity contribution in [2.45, 2.75) is 0 Å². The summed E-state index contributed by atoms with van der Waals surface area (Å²) >= 11 is 1.38. The van der Waals surface area contributed by atoms with Gasteiger partial charge in [-0.3, -0.25) is 10.1 Å². The lowest BCUT2D eigenvalue weighted by molar-refractivity contribution is 0.102. The van der Waals surface area contributed by atoms with Gasteiger partial charge in [-0.1, -0.05) is 0 Å². The van der Waals surface area contributed by atoms with E-state index in [1.54, 1.807) is 0 Å². The molecule has 0 aromatic carbocycles. The van der Waals surface area contributed by atoms with Gasteiger partial charge in [0.15, 0.2) is 0 Å². The molecule has 0 fully saturated rings. The summed E-state index contributed by atoms with van der Waals surface area (Å²) in [5.41, 5.74) is 0.849. The Morgan fingerprint density at radius 3 is 2.94 bits per heavy atom. The molecule has 2 N–H and O–H groups in total. The summed E-state index contributed by atoms with van der Waals surface area (Å²) in [5, 5.41) is 10.8. The largest absolute Gasteiger partial charge is 0.322 e. The Balaban J connectivity index is 1.89. The molecular formula is C11H9N5OS. The lowest BCUT2D eigenvalue weighted by Gasteiger charge is -2.04. The van der Waals surface area contributed by atoms with Crippen LogP contribution in [0.1, 0.15) is 9.67 Å². The van der Waals surface area contributed by atoms with Gasteiger partial charge < -0.3 is 4.57 Å². The fourth-order valence-electron chi connectivity index (χ4n) is 1.60. The molecule has 0 bridgehead atoms. The monoisotopic (exact) mass is 259 g/mol. The first-order valence-corrected chi connectivity index (χ1v) is 6.10. The molecule has 0 unspecified atom stereocenters. The minimum Gasteiger partial charge on any atom is -0.322 e. The lowest BCUT2D eigenvalue weighted by atomic mass is 10.3. The van der Waals surface area contributed by atoms with Crippen molar-refractivity contribution in [2.75, 3.05) is 5.32 Å². The molecule has 3 aromatic rings. The van der Waals surface area contributed by atoms with Crippen LogP contribution in [0.15, 0.2) is 42.3 Å². The number of amides is 1. The van der Waals surface area contributed by atoms with E-state index in [4.69, 9.17) is 0 Å². The van der Waals surface area contributed by atoms with Crippen LogP contribution in [-0.2, 0) is 0 Å². The quantitative estimate of drug-likeness (QED) is 0.754. The highest BCUT2D eigenvalue weighted by atomic mass is 32.1. The van der Waals surface area contributed by atoms with Crippen molar-refractivity contribution >= 4 is 23.2 Å². The molecule has 3 heterocycles. The molecule has 18 heavy (non-hydrogen) atoms. The zero-order valence-electron chi connectivity index (χ0n) is 9.20. The second kappa shape index (κ2) is 4.46. The molecule has 1 amide bonds. The highest BCUT2D eigenvalue weighted by Crippen LogP contribution is 2.22. The highest BCUT2D eigenvalue weighted by Gasteiger charge is 2.15. The SMILES string of the molecule is O=C(Nc1ncn[nH]1)c1sccc1-n1cccc1. The second-order valence-electron chi connectivity index (χ2n) is 3.51. The van der Waals surface area contributed by atoms with E-state index in [-0.39, 0.29) is 5.91 Å². The first-order chi connectivity index (χ1) is 8.84. The number of anilines is 1. The van der Waals surface area contributed by atoms with E-state index in [2.05, 4.69) is 20.5 Å². The summed E-state index contributed by atoms with van der Waals surface area (Å²) < 4.78 is 1.89. The third-order valence-electron chi connectivity index (χ3n) is 2.38. The van der Waals surface area contributed by atoms with E-state index >= 15 is 0 Å². The number of thiophene rings is 1. The molecule has 0 saturated carbocycles. The maximum absolute atomic E-state index is 12.1. The van der Waals surface area contributed by atoms with Gasteiger partial charge in [0.05, 0.1) is 5.69 Å². The van der Waals surface area contributed by atoms with Crippen LogP contribution in [0.3, 0.4) is 0 Å². The number of H-pyrrole nitrogens is 1. The Kier molecular flexibility index (Phi) is 2.66. The summed E-state index contributed by atoms with van der Waals surface area (Å²) in [4.78, 5) is 16.6. The van der Waals surface area contributed by atoms with Crippen molar-refractivity contribution in [1.82, 2.24) is 19.7 Å². The number of nitrogens with zero attached hydrogens (tertiary/aromatic N) is 3. The number of hydrogen-bond acceptors (Lipinski definition) is 4. The normalized spacial score (nSPS) is 10.4. The summed E-state index contributed by atoms with van der Waals surface area (Å²) in [5.74, 6) is 0.136. The number of carbonyl (C=O) groups excluding carboxylic acids is 1. The predicted molar refractivity (Wildman–Crippen MR) is 68.0 cm³/mol. The van der Waals surface area contributed by atoms with Crippen LogP contribution < -0.4 is 5.32 Å². The maximum Gasteiger partial charge on any atom is 0.270 e. The van der Waals surface area contributed by atoms with Gasteiger partial charge >= 0.3 is 0 Å². The average molecular weight is 259 g/mol. The van der Waals surface area contributed by atoms with Crippen LogP contribution in [0.5, 0.6) is 0 Å². The van der Waals surface area contributed by atoms with Crippen molar-refractivity contribution in [3.63, 3.8) is 0 Å². The van der Waals surface area contributed by atoms with Gasteiger partial charge in [0, 0.05) is 12.4 Å². The summed E-state index contributed by atoms with van der Waals surface area (Å²) in [6.07, 6.45) is 5.14. The number of aromatic amines is 1. The third-order valence-corrected chi connectivity index (χ3v) is 3.28. The first kappa shape index (κ1) is 10.7. The van der Waals surface area contributed by atoms with E-state index < -0.39 is 0 Å². The molecule has 0 aliphatic carbocycles. The number of hydrogen-bond donors (Lipinski definition) is 2. The molecule has 0 radical (unpaired) electrons. The minimum absolute atomic E-state index is 0.203. The Labute approximate surface area is 106 Å². The van der Waals surface area contributed by atoms with E-state index in [1.807, 2.05) is 40.5 Å². The van der Waals surface area contributed by atoms with E-state index in [9.17, 15) is 4.79 Å². The lowest BCUT2D eigenvalue weighted by Crippen LogP contribution is -2.13. The summed E-state index contributed by atoms with van der Waals surface area (Å²) in [6, 6.07) is 5.73. The number of aromatic nitrogens is 4. The molecular weight excluding hydrogens is 250 g/mol. The molecule has 6 nitrogen and oxygen atoms in total. The molecule has 0 aliphatic rings. The maximum atomic E-state index is 12.1. The second-order valence-corrected chi connectivity index (χ2v) is 4.43. The van der Waals surface area contributed by atoms with Gasteiger partial charge in [-0.15, -0.1) is 11.3 Å². The van der Waals surface area contributed by atoms with Gasteiger partial charge in [-0.05, 0) is 23.6 Å². The van der Waals surface area contributed by atoms with Gasteiger partial charge in [-0.2, -0.15) is 10.1 Å². The van der Waals surface area contributed by atoms with Crippen LogP contribution in [0.2, 0.25) is 0 Å². The van der Waals surface area contributed by atoms with Gasteiger partial charge in [-0.25, -0.2) is 5.10 Å². The number of rotatable bonds is 3. The van der Waals surface area contributed by atoms with Crippen LogP contribution in [0, 0.1) is 0 Å². The molecule has 0 atom stereocenters. The van der Waals surface area contributed by atoms with Crippen molar-refractivity contribution in [3.8, 4) is 5.69 Å². The molecule has 0 aliphatic heterocycles. The van der Waals surface area contributed by atoms with Gasteiger partial charge in [0.2, 0.25) is 5.95 Å². The fourth-order valence-corrected chi connectivity index (χ4v) is 2.39. The zero-order valence-corrected chi connectivity index (χ0v) is 10.0. The van der Waals surface area contributed by atoms with E-state index in [0.717, 1.165) is 5.69 Å². The Bertz CT molecular complexity index is 641. The van der Waals surface area contributed by atoms with E-state index in [1.165, 1.54) is 17.7 Å².